The molecule has 0 radical (unpaired) electrons. The number of ether oxygens (including phenoxy) is 3. The van der Waals surface area contributed by atoms with Crippen molar-refractivity contribution in [2.45, 2.75) is 19.4 Å². The summed E-state index contributed by atoms with van der Waals surface area (Å²) in [6.07, 6.45) is 0.685. The summed E-state index contributed by atoms with van der Waals surface area (Å²) < 4.78 is 16.0. The molecule has 5 rings (SSSR count). The number of aliphatic hydroxyl groups excluding tert-OH is 1. The molecule has 2 aliphatic heterocycles. The molecular formula is C28H23NO7. The minimum absolute atomic E-state index is 0.0605. The molecular weight excluding hydrogens is 462 g/mol. The van der Waals surface area contributed by atoms with E-state index in [1.807, 2.05) is 0 Å². The fourth-order valence-electron chi connectivity index (χ4n) is 4.56. The summed E-state index contributed by atoms with van der Waals surface area (Å²) in [5.41, 5.74) is 2.21. The third kappa shape index (κ3) is 4.07. The molecule has 1 N–H and O–H groups in total. The minimum atomic E-state index is -0.960. The van der Waals surface area contributed by atoms with E-state index in [4.69, 9.17) is 14.2 Å². The summed E-state index contributed by atoms with van der Waals surface area (Å²) in [7, 11) is 1.53. The predicted octanol–water partition coefficient (Wildman–Crippen LogP) is 4.18. The Morgan fingerprint density at radius 2 is 1.81 bits per heavy atom. The zero-order valence-corrected chi connectivity index (χ0v) is 19.7. The van der Waals surface area contributed by atoms with Crippen LogP contribution >= 0.6 is 0 Å². The second-order valence-corrected chi connectivity index (χ2v) is 8.45. The molecule has 0 saturated carbocycles. The predicted molar refractivity (Wildman–Crippen MR) is 131 cm³/mol. The number of fused-ring (bicyclic) bond motifs is 1. The smallest absolute Gasteiger partial charge is 0.308 e. The van der Waals surface area contributed by atoms with Crippen LogP contribution in [0.1, 0.15) is 29.7 Å². The summed E-state index contributed by atoms with van der Waals surface area (Å²) in [6, 6.07) is 17.5. The number of Topliss-reactive ketones (excluding diaryl/α,β-unsaturated/α-hetero) is 1. The number of methoxy groups -OCH3 is 1. The lowest BCUT2D eigenvalue weighted by atomic mass is 9.94. The molecule has 1 fully saturated rings. The lowest BCUT2D eigenvalue weighted by molar-refractivity contribution is -0.132. The van der Waals surface area contributed by atoms with E-state index in [1.54, 1.807) is 66.7 Å². The maximum absolute atomic E-state index is 13.4. The van der Waals surface area contributed by atoms with Crippen LogP contribution < -0.4 is 19.1 Å². The molecule has 8 nitrogen and oxygen atoms in total. The summed E-state index contributed by atoms with van der Waals surface area (Å²) in [5.74, 6) is -0.814. The number of esters is 1. The normalized spacial score (nSPS) is 18.1. The standard InChI is InChI=1S/C28H23NO7/c1-16(30)36-22-5-3-4-18(15-22)25-24(26(31)19-6-11-23-17(14-19)12-13-35-23)27(32)28(33)29(25)20-7-9-21(34-2)10-8-20/h3-11,14-15,25,31H,12-13H2,1-2H3/b26-24-. The van der Waals surface area contributed by atoms with Gasteiger partial charge in [-0.15, -0.1) is 0 Å². The summed E-state index contributed by atoms with van der Waals surface area (Å²) in [5, 5.41) is 11.4. The van der Waals surface area contributed by atoms with Gasteiger partial charge in [0.2, 0.25) is 0 Å². The number of nitrogens with zero attached hydrogens (tertiary/aromatic N) is 1. The molecule has 1 saturated heterocycles. The van der Waals surface area contributed by atoms with Crippen molar-refractivity contribution < 1.29 is 33.7 Å². The third-order valence-electron chi connectivity index (χ3n) is 6.19. The van der Waals surface area contributed by atoms with Crippen LogP contribution in [0.3, 0.4) is 0 Å². The minimum Gasteiger partial charge on any atom is -0.507 e. The quantitative estimate of drug-likeness (QED) is 0.190. The Balaban J connectivity index is 1.68. The summed E-state index contributed by atoms with van der Waals surface area (Å²) >= 11 is 0. The van der Waals surface area contributed by atoms with E-state index in [9.17, 15) is 19.5 Å². The molecule has 1 amide bonds. The van der Waals surface area contributed by atoms with Crippen LogP contribution in [-0.2, 0) is 20.8 Å². The van der Waals surface area contributed by atoms with Crippen LogP contribution in [0.4, 0.5) is 5.69 Å². The maximum atomic E-state index is 13.4. The van der Waals surface area contributed by atoms with E-state index < -0.39 is 23.7 Å². The largest absolute Gasteiger partial charge is 0.507 e. The molecule has 3 aromatic rings. The fraction of sp³-hybridized carbons (Fsp3) is 0.179. The Bertz CT molecular complexity index is 1410. The average molecular weight is 485 g/mol. The molecule has 36 heavy (non-hydrogen) atoms. The number of ketones is 1. The molecule has 0 aliphatic carbocycles. The number of hydrogen-bond acceptors (Lipinski definition) is 7. The molecule has 2 heterocycles. The van der Waals surface area contributed by atoms with Crippen LogP contribution in [0.2, 0.25) is 0 Å². The molecule has 1 atom stereocenters. The molecule has 1 unspecified atom stereocenters. The van der Waals surface area contributed by atoms with E-state index in [0.717, 1.165) is 11.3 Å². The molecule has 2 aliphatic rings. The van der Waals surface area contributed by atoms with Gasteiger partial charge in [-0.05, 0) is 65.7 Å². The van der Waals surface area contributed by atoms with Crippen molar-refractivity contribution >= 4 is 29.1 Å². The number of rotatable bonds is 5. The highest BCUT2D eigenvalue weighted by molar-refractivity contribution is 6.51. The first kappa shape index (κ1) is 23.2. The molecule has 8 heteroatoms. The van der Waals surface area contributed by atoms with Crippen molar-refractivity contribution in [3.8, 4) is 17.2 Å². The SMILES string of the molecule is COc1ccc(N2C(=O)C(=O)/C(=C(\O)c3ccc4c(c3)CCO4)C2c2cccc(OC(C)=O)c2)cc1. The van der Waals surface area contributed by atoms with Gasteiger partial charge in [0, 0.05) is 24.6 Å². The van der Waals surface area contributed by atoms with Crippen LogP contribution in [-0.4, -0.2) is 36.5 Å². The number of carbonyl (C=O) groups excluding carboxylic acids is 3. The van der Waals surface area contributed by atoms with Crippen molar-refractivity contribution in [3.05, 3.63) is 89.0 Å². The first-order valence-corrected chi connectivity index (χ1v) is 11.4. The van der Waals surface area contributed by atoms with Crippen molar-refractivity contribution in [1.29, 1.82) is 0 Å². The van der Waals surface area contributed by atoms with Gasteiger partial charge < -0.3 is 19.3 Å². The zero-order valence-electron chi connectivity index (χ0n) is 19.7. The summed E-state index contributed by atoms with van der Waals surface area (Å²) in [6.45, 7) is 1.83. The van der Waals surface area contributed by atoms with Crippen molar-refractivity contribution in [1.82, 2.24) is 0 Å². The van der Waals surface area contributed by atoms with Crippen molar-refractivity contribution in [3.63, 3.8) is 0 Å². The highest BCUT2D eigenvalue weighted by atomic mass is 16.5. The summed E-state index contributed by atoms with van der Waals surface area (Å²) in [4.78, 5) is 39.6. The highest BCUT2D eigenvalue weighted by Gasteiger charge is 2.47. The first-order chi connectivity index (χ1) is 17.4. The lowest BCUT2D eigenvalue weighted by Gasteiger charge is -2.26. The van der Waals surface area contributed by atoms with Gasteiger partial charge >= 0.3 is 5.97 Å². The highest BCUT2D eigenvalue weighted by Crippen LogP contribution is 2.43. The van der Waals surface area contributed by atoms with Gasteiger partial charge in [-0.25, -0.2) is 0 Å². The number of aliphatic hydroxyl groups is 1. The van der Waals surface area contributed by atoms with Gasteiger partial charge in [0.05, 0.1) is 25.3 Å². The number of amides is 1. The molecule has 0 spiro atoms. The zero-order chi connectivity index (χ0) is 25.4. The topological polar surface area (TPSA) is 102 Å². The van der Waals surface area contributed by atoms with Crippen LogP contribution in [0.5, 0.6) is 17.2 Å². The van der Waals surface area contributed by atoms with Crippen LogP contribution in [0.25, 0.3) is 5.76 Å². The molecule has 182 valence electrons. The maximum Gasteiger partial charge on any atom is 0.308 e. The van der Waals surface area contributed by atoms with E-state index in [0.29, 0.717) is 35.6 Å². The lowest BCUT2D eigenvalue weighted by Crippen LogP contribution is -2.29. The van der Waals surface area contributed by atoms with Crippen LogP contribution in [0, 0.1) is 0 Å². The van der Waals surface area contributed by atoms with Gasteiger partial charge in [0.1, 0.15) is 23.0 Å². The van der Waals surface area contributed by atoms with Crippen molar-refractivity contribution in [2.24, 2.45) is 0 Å². The number of benzene rings is 3. The molecule has 3 aromatic carbocycles. The Kier molecular flexibility index (Phi) is 5.93. The van der Waals surface area contributed by atoms with E-state index >= 15 is 0 Å². The Labute approximate surface area is 207 Å². The number of hydrogen-bond donors (Lipinski definition) is 1. The van der Waals surface area contributed by atoms with Gasteiger partial charge in [0.15, 0.2) is 0 Å². The van der Waals surface area contributed by atoms with Gasteiger partial charge in [-0.1, -0.05) is 12.1 Å². The molecule has 0 bridgehead atoms. The Morgan fingerprint density at radius 1 is 1.03 bits per heavy atom. The van der Waals surface area contributed by atoms with E-state index in [-0.39, 0.29) is 17.1 Å². The Hall–Kier alpha value is -4.59. The number of carbonyl (C=O) groups is 3. The van der Waals surface area contributed by atoms with Gasteiger partial charge in [0.25, 0.3) is 11.7 Å². The second-order valence-electron chi connectivity index (χ2n) is 8.45. The average Bonchev–Trinajstić information content (AvgIpc) is 3.45. The fourth-order valence-corrected chi connectivity index (χ4v) is 4.56. The van der Waals surface area contributed by atoms with E-state index in [2.05, 4.69) is 0 Å². The third-order valence-corrected chi connectivity index (χ3v) is 6.19. The monoisotopic (exact) mass is 485 g/mol. The van der Waals surface area contributed by atoms with Gasteiger partial charge in [-0.3, -0.25) is 19.3 Å². The van der Waals surface area contributed by atoms with E-state index in [1.165, 1.54) is 18.9 Å². The van der Waals surface area contributed by atoms with Gasteiger partial charge in [-0.2, -0.15) is 0 Å². The molecule has 0 aromatic heterocycles. The first-order valence-electron chi connectivity index (χ1n) is 11.4. The van der Waals surface area contributed by atoms with Crippen molar-refractivity contribution in [2.75, 3.05) is 18.6 Å². The number of anilines is 1. The van der Waals surface area contributed by atoms with Crippen LogP contribution in [0.15, 0.2) is 72.3 Å². The Morgan fingerprint density at radius 3 is 2.53 bits per heavy atom. The second kappa shape index (κ2) is 9.22.